The van der Waals surface area contributed by atoms with Gasteiger partial charge in [0.25, 0.3) is 0 Å². The summed E-state index contributed by atoms with van der Waals surface area (Å²) in [6.45, 7) is 3.72. The van der Waals surface area contributed by atoms with E-state index in [9.17, 15) is 13.5 Å². The molecule has 92 valence electrons. The Labute approximate surface area is 100 Å². The van der Waals surface area contributed by atoms with Gasteiger partial charge in [-0.05, 0) is 32.1 Å². The molecule has 5 heteroatoms. The molecule has 0 bridgehead atoms. The summed E-state index contributed by atoms with van der Waals surface area (Å²) in [4.78, 5) is 0.350. The van der Waals surface area contributed by atoms with E-state index < -0.39 is 9.84 Å². The maximum Gasteiger partial charge on any atom is 0.205 e. The first kappa shape index (κ1) is 12.1. The number of sulfone groups is 1. The van der Waals surface area contributed by atoms with E-state index in [-0.39, 0.29) is 28.3 Å². The van der Waals surface area contributed by atoms with Crippen LogP contribution in [0, 0.1) is 0 Å². The molecular weight excluding hydrogens is 240 g/mol. The molecule has 1 aromatic rings. The van der Waals surface area contributed by atoms with Crippen LogP contribution < -0.4 is 0 Å². The molecule has 0 saturated carbocycles. The Kier molecular flexibility index (Phi) is 2.97. The minimum Gasteiger partial charge on any atom is -0.507 e. The molecule has 0 saturated heterocycles. The maximum absolute atomic E-state index is 12.1. The van der Waals surface area contributed by atoms with E-state index in [1.807, 2.05) is 13.8 Å². The molecule has 17 heavy (non-hydrogen) atoms. The molecular formula is C12H14O4S. The second-order valence-corrected chi connectivity index (χ2v) is 6.13. The standard InChI is InChI=1S/C12H14O4S/c1-8(2)16-7-9-6-10-11(13)4-3-5-12(10)17(9,14)15/h3-6,8,13H,7H2,1-2H3. The van der Waals surface area contributed by atoms with Crippen LogP contribution in [0.4, 0.5) is 0 Å². The largest absolute Gasteiger partial charge is 0.507 e. The number of hydrogen-bond acceptors (Lipinski definition) is 4. The van der Waals surface area contributed by atoms with Crippen molar-refractivity contribution in [1.29, 1.82) is 0 Å². The Morgan fingerprint density at radius 1 is 1.35 bits per heavy atom. The number of rotatable bonds is 3. The zero-order chi connectivity index (χ0) is 12.6. The van der Waals surface area contributed by atoms with E-state index in [1.54, 1.807) is 0 Å². The van der Waals surface area contributed by atoms with Crippen LogP contribution >= 0.6 is 0 Å². The molecule has 0 unspecified atom stereocenters. The molecule has 0 amide bonds. The molecule has 0 radical (unpaired) electrons. The average molecular weight is 254 g/mol. The van der Waals surface area contributed by atoms with E-state index in [2.05, 4.69) is 0 Å². The molecule has 1 aromatic carbocycles. The van der Waals surface area contributed by atoms with Gasteiger partial charge in [0.05, 0.1) is 22.5 Å². The maximum atomic E-state index is 12.1. The lowest BCUT2D eigenvalue weighted by Gasteiger charge is -2.08. The van der Waals surface area contributed by atoms with Crippen LogP contribution in [0.1, 0.15) is 19.4 Å². The molecule has 2 rings (SSSR count). The van der Waals surface area contributed by atoms with Crippen LogP contribution in [0.5, 0.6) is 5.75 Å². The third-order valence-corrected chi connectivity index (χ3v) is 4.40. The smallest absolute Gasteiger partial charge is 0.205 e. The summed E-state index contributed by atoms with van der Waals surface area (Å²) < 4.78 is 29.5. The lowest BCUT2D eigenvalue weighted by Crippen LogP contribution is -2.10. The molecule has 0 fully saturated rings. The Balaban J connectivity index is 2.40. The van der Waals surface area contributed by atoms with Crippen molar-refractivity contribution in [1.82, 2.24) is 0 Å². The summed E-state index contributed by atoms with van der Waals surface area (Å²) in [5.74, 6) is -0.0226. The lowest BCUT2D eigenvalue weighted by molar-refractivity contribution is 0.101. The van der Waals surface area contributed by atoms with Gasteiger partial charge in [0.2, 0.25) is 9.84 Å². The monoisotopic (exact) mass is 254 g/mol. The van der Waals surface area contributed by atoms with Gasteiger partial charge in [-0.1, -0.05) is 6.07 Å². The van der Waals surface area contributed by atoms with Crippen molar-refractivity contribution < 1.29 is 18.3 Å². The van der Waals surface area contributed by atoms with E-state index in [1.165, 1.54) is 24.3 Å². The van der Waals surface area contributed by atoms with Crippen molar-refractivity contribution >= 4 is 15.9 Å². The van der Waals surface area contributed by atoms with Crippen molar-refractivity contribution in [3.63, 3.8) is 0 Å². The highest BCUT2D eigenvalue weighted by Crippen LogP contribution is 2.37. The second-order valence-electron chi connectivity index (χ2n) is 4.16. The average Bonchev–Trinajstić information content (AvgIpc) is 2.50. The minimum atomic E-state index is -3.49. The van der Waals surface area contributed by atoms with Crippen LogP contribution in [0.25, 0.3) is 6.08 Å². The van der Waals surface area contributed by atoms with Gasteiger partial charge in [0.1, 0.15) is 5.75 Å². The lowest BCUT2D eigenvalue weighted by atomic mass is 10.2. The topological polar surface area (TPSA) is 63.6 Å². The number of phenolic OH excluding ortho intramolecular Hbond substituents is 1. The molecule has 0 aliphatic carbocycles. The molecule has 1 aliphatic rings. The first-order chi connectivity index (χ1) is 7.93. The van der Waals surface area contributed by atoms with E-state index >= 15 is 0 Å². The SMILES string of the molecule is CC(C)OCC1=Cc2c(O)cccc2S1(=O)=O. The highest BCUT2D eigenvalue weighted by Gasteiger charge is 2.31. The van der Waals surface area contributed by atoms with Crippen molar-refractivity contribution in [2.24, 2.45) is 0 Å². The predicted octanol–water partition coefficient (Wildman–Crippen LogP) is 1.95. The summed E-state index contributed by atoms with van der Waals surface area (Å²) in [5.41, 5.74) is 0.356. The van der Waals surface area contributed by atoms with Crippen LogP contribution in [0.15, 0.2) is 28.0 Å². The molecule has 1 N–H and O–H groups in total. The predicted molar refractivity (Wildman–Crippen MR) is 64.4 cm³/mol. The van der Waals surface area contributed by atoms with Gasteiger partial charge in [0.15, 0.2) is 0 Å². The van der Waals surface area contributed by atoms with Gasteiger partial charge < -0.3 is 9.84 Å². The molecule has 1 heterocycles. The summed E-state index contributed by atoms with van der Waals surface area (Å²) in [5, 5.41) is 9.61. The second kappa shape index (κ2) is 4.16. The van der Waals surface area contributed by atoms with E-state index in [0.29, 0.717) is 5.56 Å². The number of benzene rings is 1. The molecule has 0 aromatic heterocycles. The first-order valence-corrected chi connectivity index (χ1v) is 6.80. The summed E-state index contributed by atoms with van der Waals surface area (Å²) in [6, 6.07) is 4.48. The number of aromatic hydroxyl groups is 1. The molecule has 1 aliphatic heterocycles. The summed E-state index contributed by atoms with van der Waals surface area (Å²) in [7, 11) is -3.49. The van der Waals surface area contributed by atoms with Crippen molar-refractivity contribution in [2.75, 3.05) is 6.61 Å². The van der Waals surface area contributed by atoms with Crippen LogP contribution in [0.3, 0.4) is 0 Å². The molecule has 0 spiro atoms. The Morgan fingerprint density at radius 3 is 2.65 bits per heavy atom. The fourth-order valence-electron chi connectivity index (χ4n) is 1.66. The van der Waals surface area contributed by atoms with Crippen LogP contribution in [0.2, 0.25) is 0 Å². The highest BCUT2D eigenvalue weighted by atomic mass is 32.2. The first-order valence-electron chi connectivity index (χ1n) is 5.32. The Morgan fingerprint density at radius 2 is 2.06 bits per heavy atom. The van der Waals surface area contributed by atoms with E-state index in [4.69, 9.17) is 4.74 Å². The van der Waals surface area contributed by atoms with Crippen molar-refractivity contribution in [3.05, 3.63) is 28.7 Å². The normalized spacial score (nSPS) is 17.0. The van der Waals surface area contributed by atoms with Crippen molar-refractivity contribution in [3.8, 4) is 5.75 Å². The summed E-state index contributed by atoms with van der Waals surface area (Å²) >= 11 is 0. The number of phenols is 1. The van der Waals surface area contributed by atoms with Gasteiger partial charge >= 0.3 is 0 Å². The van der Waals surface area contributed by atoms with Gasteiger partial charge in [0, 0.05) is 5.56 Å². The van der Waals surface area contributed by atoms with Crippen LogP contribution in [-0.2, 0) is 14.6 Å². The Hall–Kier alpha value is -1.33. The molecule has 4 nitrogen and oxygen atoms in total. The third kappa shape index (κ3) is 2.08. The zero-order valence-corrected chi connectivity index (χ0v) is 10.5. The fraction of sp³-hybridized carbons (Fsp3) is 0.333. The number of hydrogen-bond donors (Lipinski definition) is 1. The third-order valence-electron chi connectivity index (χ3n) is 2.54. The number of fused-ring (bicyclic) bond motifs is 1. The fourth-order valence-corrected chi connectivity index (χ4v) is 3.15. The van der Waals surface area contributed by atoms with Crippen molar-refractivity contribution in [2.45, 2.75) is 24.8 Å². The Bertz CT molecular complexity index is 570. The van der Waals surface area contributed by atoms with Crippen LogP contribution in [-0.4, -0.2) is 26.2 Å². The molecule has 0 atom stereocenters. The van der Waals surface area contributed by atoms with E-state index in [0.717, 1.165) is 0 Å². The van der Waals surface area contributed by atoms with Gasteiger partial charge in [-0.2, -0.15) is 0 Å². The van der Waals surface area contributed by atoms with Gasteiger partial charge in [-0.3, -0.25) is 0 Å². The summed E-state index contributed by atoms with van der Waals surface area (Å²) in [6.07, 6.45) is 1.44. The van der Waals surface area contributed by atoms with Gasteiger partial charge in [-0.25, -0.2) is 8.42 Å². The minimum absolute atomic E-state index is 0.0226. The zero-order valence-electron chi connectivity index (χ0n) is 9.67. The van der Waals surface area contributed by atoms with Gasteiger partial charge in [-0.15, -0.1) is 0 Å². The number of ether oxygens (including phenoxy) is 1. The highest BCUT2D eigenvalue weighted by molar-refractivity contribution is 7.95. The quantitative estimate of drug-likeness (QED) is 0.895.